The van der Waals surface area contributed by atoms with Crippen LogP contribution in [0.15, 0.2) is 12.2 Å². The van der Waals surface area contributed by atoms with Crippen LogP contribution in [0.25, 0.3) is 0 Å². The van der Waals surface area contributed by atoms with Gasteiger partial charge in [-0.15, -0.1) is 0 Å². The van der Waals surface area contributed by atoms with E-state index in [1.54, 1.807) is 11.1 Å². The van der Waals surface area contributed by atoms with Gasteiger partial charge in [0.1, 0.15) is 0 Å². The predicted molar refractivity (Wildman–Crippen MR) is 80.3 cm³/mol. The molecule has 0 saturated heterocycles. The van der Waals surface area contributed by atoms with Crippen LogP contribution >= 0.6 is 0 Å². The molecular weight excluding hydrogens is 216 g/mol. The summed E-state index contributed by atoms with van der Waals surface area (Å²) in [6.45, 7) is 17.9. The summed E-state index contributed by atoms with van der Waals surface area (Å²) < 4.78 is 0. The third-order valence-corrected chi connectivity index (χ3v) is 5.48. The van der Waals surface area contributed by atoms with E-state index in [0.29, 0.717) is 5.41 Å². The Bertz CT molecular complexity index is 520. The monoisotopic (exact) mass is 242 g/mol. The highest BCUT2D eigenvalue weighted by molar-refractivity contribution is 5.52. The van der Waals surface area contributed by atoms with E-state index in [1.807, 2.05) is 0 Å². The van der Waals surface area contributed by atoms with Gasteiger partial charge in [-0.05, 0) is 92.7 Å². The number of hydrogen-bond acceptors (Lipinski definition) is 0. The third-order valence-electron chi connectivity index (χ3n) is 5.48. The lowest BCUT2D eigenvalue weighted by Gasteiger charge is -2.38. The van der Waals surface area contributed by atoms with Crippen molar-refractivity contribution in [2.24, 2.45) is 5.41 Å². The largest absolute Gasteiger partial charge is 0.0996 e. The van der Waals surface area contributed by atoms with Crippen LogP contribution < -0.4 is 0 Å². The maximum atomic E-state index is 4.22. The van der Waals surface area contributed by atoms with E-state index in [2.05, 4.69) is 48.1 Å². The topological polar surface area (TPSA) is 0 Å². The van der Waals surface area contributed by atoms with E-state index in [1.165, 1.54) is 47.1 Å². The van der Waals surface area contributed by atoms with Gasteiger partial charge in [-0.3, -0.25) is 0 Å². The standard InChI is InChI=1S/C18H26/c1-11(2)18(7)9-8-16-14(5)12(3)13(4)15(6)17(16)10-18/h1,8-10H2,2-7H3. The molecule has 0 spiro atoms. The molecule has 1 unspecified atom stereocenters. The molecular formula is C18H26. The summed E-state index contributed by atoms with van der Waals surface area (Å²) in [5.74, 6) is 0. The van der Waals surface area contributed by atoms with Gasteiger partial charge in [-0.2, -0.15) is 0 Å². The molecule has 0 aliphatic heterocycles. The molecule has 1 aromatic carbocycles. The Labute approximate surface area is 112 Å². The first kappa shape index (κ1) is 13.4. The number of rotatable bonds is 1. The summed E-state index contributed by atoms with van der Waals surface area (Å²) >= 11 is 0. The molecule has 1 aromatic rings. The van der Waals surface area contributed by atoms with Gasteiger partial charge in [0, 0.05) is 0 Å². The van der Waals surface area contributed by atoms with E-state index >= 15 is 0 Å². The molecule has 0 amide bonds. The molecule has 2 rings (SSSR count). The number of allylic oxidation sites excluding steroid dienone is 1. The van der Waals surface area contributed by atoms with Crippen molar-refractivity contribution in [1.82, 2.24) is 0 Å². The van der Waals surface area contributed by atoms with Crippen LogP contribution in [0.1, 0.15) is 53.6 Å². The molecule has 0 bridgehead atoms. The number of benzene rings is 1. The average Bonchev–Trinajstić information content (AvgIpc) is 2.33. The van der Waals surface area contributed by atoms with Gasteiger partial charge in [0.25, 0.3) is 0 Å². The Morgan fingerprint density at radius 2 is 1.44 bits per heavy atom. The first-order valence-electron chi connectivity index (χ1n) is 7.02. The van der Waals surface area contributed by atoms with Crippen LogP contribution in [0, 0.1) is 33.1 Å². The molecule has 1 aliphatic rings. The zero-order chi connectivity index (χ0) is 13.7. The SMILES string of the molecule is C=C(C)C1(C)CCc2c(C)c(C)c(C)c(C)c2C1. The van der Waals surface area contributed by atoms with E-state index < -0.39 is 0 Å². The van der Waals surface area contributed by atoms with Crippen molar-refractivity contribution in [3.63, 3.8) is 0 Å². The van der Waals surface area contributed by atoms with Crippen LogP contribution in [-0.4, -0.2) is 0 Å². The van der Waals surface area contributed by atoms with Gasteiger partial charge in [0.15, 0.2) is 0 Å². The third kappa shape index (κ3) is 1.83. The quantitative estimate of drug-likeness (QED) is 0.608. The van der Waals surface area contributed by atoms with Crippen LogP contribution in [0.2, 0.25) is 0 Å². The van der Waals surface area contributed by atoms with E-state index in [0.717, 1.165) is 0 Å². The summed E-state index contributed by atoms with van der Waals surface area (Å²) in [6.07, 6.45) is 3.63. The van der Waals surface area contributed by atoms with Gasteiger partial charge in [-0.1, -0.05) is 19.1 Å². The highest BCUT2D eigenvalue weighted by atomic mass is 14.4. The first-order chi connectivity index (χ1) is 8.28. The molecule has 0 fully saturated rings. The Hall–Kier alpha value is -1.04. The maximum absolute atomic E-state index is 4.22. The molecule has 0 heterocycles. The van der Waals surface area contributed by atoms with Crippen molar-refractivity contribution in [3.05, 3.63) is 45.5 Å². The van der Waals surface area contributed by atoms with Crippen molar-refractivity contribution in [2.75, 3.05) is 0 Å². The Morgan fingerprint density at radius 3 is 1.94 bits per heavy atom. The lowest BCUT2D eigenvalue weighted by Crippen LogP contribution is -2.28. The van der Waals surface area contributed by atoms with Crippen molar-refractivity contribution < 1.29 is 0 Å². The normalized spacial score (nSPS) is 22.8. The summed E-state index contributed by atoms with van der Waals surface area (Å²) in [5.41, 5.74) is 10.9. The smallest absolute Gasteiger partial charge is 0.00781 e. The van der Waals surface area contributed by atoms with Gasteiger partial charge in [-0.25, -0.2) is 0 Å². The second-order valence-corrected chi connectivity index (χ2v) is 6.47. The summed E-state index contributed by atoms with van der Waals surface area (Å²) in [5, 5.41) is 0. The van der Waals surface area contributed by atoms with E-state index in [9.17, 15) is 0 Å². The predicted octanol–water partition coefficient (Wildman–Crippen LogP) is 4.99. The van der Waals surface area contributed by atoms with Gasteiger partial charge in [0.05, 0.1) is 0 Å². The highest BCUT2D eigenvalue weighted by Gasteiger charge is 2.32. The second kappa shape index (κ2) is 4.26. The van der Waals surface area contributed by atoms with E-state index in [-0.39, 0.29) is 0 Å². The zero-order valence-electron chi connectivity index (χ0n) is 12.8. The molecule has 0 heteroatoms. The van der Waals surface area contributed by atoms with Gasteiger partial charge < -0.3 is 0 Å². The fraction of sp³-hybridized carbons (Fsp3) is 0.556. The lowest BCUT2D eigenvalue weighted by atomic mass is 9.67. The Kier molecular flexibility index (Phi) is 3.17. The van der Waals surface area contributed by atoms with Gasteiger partial charge in [0.2, 0.25) is 0 Å². The van der Waals surface area contributed by atoms with Gasteiger partial charge >= 0.3 is 0 Å². The highest BCUT2D eigenvalue weighted by Crippen LogP contribution is 2.43. The maximum Gasteiger partial charge on any atom is -0.00781 e. The molecule has 0 aromatic heterocycles. The van der Waals surface area contributed by atoms with Crippen molar-refractivity contribution >= 4 is 0 Å². The molecule has 0 nitrogen and oxygen atoms in total. The zero-order valence-corrected chi connectivity index (χ0v) is 12.8. The summed E-state index contributed by atoms with van der Waals surface area (Å²) in [7, 11) is 0. The molecule has 1 aliphatic carbocycles. The van der Waals surface area contributed by atoms with Crippen LogP contribution in [0.5, 0.6) is 0 Å². The Morgan fingerprint density at radius 1 is 0.944 bits per heavy atom. The minimum atomic E-state index is 0.298. The van der Waals surface area contributed by atoms with Crippen molar-refractivity contribution in [3.8, 4) is 0 Å². The first-order valence-corrected chi connectivity index (χ1v) is 7.02. The minimum Gasteiger partial charge on any atom is -0.0996 e. The molecule has 18 heavy (non-hydrogen) atoms. The Balaban J connectivity index is 2.61. The fourth-order valence-corrected chi connectivity index (χ4v) is 3.29. The molecule has 0 radical (unpaired) electrons. The fourth-order valence-electron chi connectivity index (χ4n) is 3.29. The number of fused-ring (bicyclic) bond motifs is 1. The lowest BCUT2D eigenvalue weighted by molar-refractivity contribution is 0.342. The second-order valence-electron chi connectivity index (χ2n) is 6.47. The van der Waals surface area contributed by atoms with Crippen LogP contribution in [-0.2, 0) is 12.8 Å². The minimum absolute atomic E-state index is 0.298. The van der Waals surface area contributed by atoms with E-state index in [4.69, 9.17) is 0 Å². The van der Waals surface area contributed by atoms with Crippen LogP contribution in [0.4, 0.5) is 0 Å². The van der Waals surface area contributed by atoms with Crippen LogP contribution in [0.3, 0.4) is 0 Å². The summed E-state index contributed by atoms with van der Waals surface area (Å²) in [4.78, 5) is 0. The molecule has 98 valence electrons. The molecule has 0 N–H and O–H groups in total. The van der Waals surface area contributed by atoms with Crippen molar-refractivity contribution in [1.29, 1.82) is 0 Å². The summed E-state index contributed by atoms with van der Waals surface area (Å²) in [6, 6.07) is 0. The molecule has 1 atom stereocenters. The van der Waals surface area contributed by atoms with Crippen molar-refractivity contribution in [2.45, 2.75) is 60.8 Å². The number of hydrogen-bond donors (Lipinski definition) is 0. The molecule has 0 saturated carbocycles. The average molecular weight is 242 g/mol.